The molecule has 0 fully saturated rings. The Bertz CT molecular complexity index is 312. The third kappa shape index (κ3) is 3.43. The van der Waals surface area contributed by atoms with Gasteiger partial charge in [-0.15, -0.1) is 0 Å². The van der Waals surface area contributed by atoms with Gasteiger partial charge in [-0.2, -0.15) is 0 Å². The first kappa shape index (κ1) is 10.5. The number of nitrogens with zero attached hydrogens (tertiary/aromatic N) is 1. The maximum atomic E-state index is 11.2. The lowest BCUT2D eigenvalue weighted by Gasteiger charge is -2.06. The highest BCUT2D eigenvalue weighted by molar-refractivity contribution is 5.89. The number of nitrogens with one attached hydrogen (secondary N) is 2. The first-order valence-corrected chi connectivity index (χ1v) is 4.69. The third-order valence-electron chi connectivity index (χ3n) is 1.67. The molecule has 0 aliphatic rings. The summed E-state index contributed by atoms with van der Waals surface area (Å²) in [4.78, 5) is 15.2. The normalized spacial score (nSPS) is 9.57. The second-order valence-corrected chi connectivity index (χ2v) is 3.13. The van der Waals surface area contributed by atoms with E-state index in [4.69, 9.17) is 0 Å². The van der Waals surface area contributed by atoms with Crippen molar-refractivity contribution >= 4 is 11.7 Å². The Hall–Kier alpha value is -1.58. The number of carbonyl (C=O) groups is 1. The van der Waals surface area contributed by atoms with Crippen molar-refractivity contribution in [3.8, 4) is 0 Å². The highest BCUT2D eigenvalue weighted by atomic mass is 16.2. The van der Waals surface area contributed by atoms with Crippen LogP contribution in [0, 0.1) is 6.92 Å². The van der Waals surface area contributed by atoms with E-state index < -0.39 is 0 Å². The van der Waals surface area contributed by atoms with Crippen LogP contribution in [0.5, 0.6) is 0 Å². The van der Waals surface area contributed by atoms with Crippen molar-refractivity contribution in [2.45, 2.75) is 20.3 Å². The molecule has 2 amide bonds. The summed E-state index contributed by atoms with van der Waals surface area (Å²) in [5.41, 5.74) is 1.75. The van der Waals surface area contributed by atoms with Crippen molar-refractivity contribution in [1.82, 2.24) is 10.3 Å². The summed E-state index contributed by atoms with van der Waals surface area (Å²) < 4.78 is 0. The molecule has 0 bridgehead atoms. The molecule has 0 aliphatic carbocycles. The number of carbonyl (C=O) groups excluding carboxylic acids is 1. The molecule has 0 aliphatic heterocycles. The molecule has 0 spiro atoms. The van der Waals surface area contributed by atoms with Gasteiger partial charge in [0.1, 0.15) is 0 Å². The highest BCUT2D eigenvalue weighted by Crippen LogP contribution is 2.06. The first-order chi connectivity index (χ1) is 6.72. The second kappa shape index (κ2) is 5.21. The van der Waals surface area contributed by atoms with Gasteiger partial charge in [0, 0.05) is 12.7 Å². The minimum atomic E-state index is -0.181. The van der Waals surface area contributed by atoms with Crippen LogP contribution in [0.3, 0.4) is 0 Å². The Morgan fingerprint density at radius 2 is 2.29 bits per heavy atom. The van der Waals surface area contributed by atoms with Gasteiger partial charge >= 0.3 is 6.03 Å². The standard InChI is InChI=1S/C10H15N3O/c1-3-4-12-10(14)13-9-5-8(2)6-11-7-9/h5-7H,3-4H2,1-2H3,(H2,12,13,14). The number of urea groups is 1. The van der Waals surface area contributed by atoms with Gasteiger partial charge in [-0.25, -0.2) is 4.79 Å². The van der Waals surface area contributed by atoms with E-state index in [2.05, 4.69) is 15.6 Å². The van der Waals surface area contributed by atoms with Gasteiger partial charge in [0.2, 0.25) is 0 Å². The summed E-state index contributed by atoms with van der Waals surface area (Å²) in [7, 11) is 0. The molecule has 76 valence electrons. The Labute approximate surface area is 83.7 Å². The number of rotatable bonds is 3. The molecule has 2 N–H and O–H groups in total. The molecule has 1 aromatic heterocycles. The molecule has 1 aromatic rings. The Morgan fingerprint density at radius 1 is 1.50 bits per heavy atom. The molecule has 4 nitrogen and oxygen atoms in total. The molecular weight excluding hydrogens is 178 g/mol. The minimum absolute atomic E-state index is 0.181. The molecule has 0 radical (unpaired) electrons. The van der Waals surface area contributed by atoms with Crippen molar-refractivity contribution in [2.75, 3.05) is 11.9 Å². The summed E-state index contributed by atoms with van der Waals surface area (Å²) in [5.74, 6) is 0. The second-order valence-electron chi connectivity index (χ2n) is 3.13. The van der Waals surface area contributed by atoms with Gasteiger partial charge in [0.15, 0.2) is 0 Å². The van der Waals surface area contributed by atoms with Crippen molar-refractivity contribution < 1.29 is 4.79 Å². The fourth-order valence-electron chi connectivity index (χ4n) is 1.04. The van der Waals surface area contributed by atoms with Crippen LogP contribution in [0.2, 0.25) is 0 Å². The van der Waals surface area contributed by atoms with Crippen LogP contribution in [0.4, 0.5) is 10.5 Å². The van der Waals surface area contributed by atoms with E-state index in [9.17, 15) is 4.79 Å². The van der Waals surface area contributed by atoms with Crippen LogP contribution in [-0.4, -0.2) is 17.6 Å². The maximum Gasteiger partial charge on any atom is 0.319 e. The van der Waals surface area contributed by atoms with Crippen LogP contribution in [0.25, 0.3) is 0 Å². The van der Waals surface area contributed by atoms with E-state index in [1.54, 1.807) is 12.4 Å². The van der Waals surface area contributed by atoms with Crippen LogP contribution in [0.15, 0.2) is 18.5 Å². The number of anilines is 1. The molecule has 1 heterocycles. The number of hydrogen-bond donors (Lipinski definition) is 2. The molecule has 0 saturated carbocycles. The SMILES string of the molecule is CCCNC(=O)Nc1cncc(C)c1. The quantitative estimate of drug-likeness (QED) is 0.770. The van der Waals surface area contributed by atoms with Crippen LogP contribution >= 0.6 is 0 Å². The minimum Gasteiger partial charge on any atom is -0.338 e. The predicted molar refractivity (Wildman–Crippen MR) is 56.3 cm³/mol. The van der Waals surface area contributed by atoms with Crippen molar-refractivity contribution in [3.05, 3.63) is 24.0 Å². The van der Waals surface area contributed by atoms with Crippen LogP contribution < -0.4 is 10.6 Å². The molecule has 0 unspecified atom stereocenters. The zero-order valence-corrected chi connectivity index (χ0v) is 8.50. The summed E-state index contributed by atoms with van der Waals surface area (Å²) >= 11 is 0. The molecule has 0 aromatic carbocycles. The number of aryl methyl sites for hydroxylation is 1. The molecule has 4 heteroatoms. The van der Waals surface area contributed by atoms with Crippen LogP contribution in [0.1, 0.15) is 18.9 Å². The van der Waals surface area contributed by atoms with Gasteiger partial charge in [0.05, 0.1) is 11.9 Å². The first-order valence-electron chi connectivity index (χ1n) is 4.69. The third-order valence-corrected chi connectivity index (χ3v) is 1.67. The van der Waals surface area contributed by atoms with Gasteiger partial charge in [0.25, 0.3) is 0 Å². The monoisotopic (exact) mass is 193 g/mol. The summed E-state index contributed by atoms with van der Waals surface area (Å²) in [5, 5.41) is 5.43. The Morgan fingerprint density at radius 3 is 2.93 bits per heavy atom. The number of pyridine rings is 1. The van der Waals surface area contributed by atoms with Gasteiger partial charge < -0.3 is 10.6 Å². The maximum absolute atomic E-state index is 11.2. The zero-order valence-electron chi connectivity index (χ0n) is 8.50. The molecule has 14 heavy (non-hydrogen) atoms. The fourth-order valence-corrected chi connectivity index (χ4v) is 1.04. The molecular formula is C10H15N3O. The summed E-state index contributed by atoms with van der Waals surface area (Å²) in [6, 6.07) is 1.69. The Balaban J connectivity index is 2.47. The van der Waals surface area contributed by atoms with Gasteiger partial charge in [-0.1, -0.05) is 6.92 Å². The van der Waals surface area contributed by atoms with E-state index in [1.165, 1.54) is 0 Å². The van der Waals surface area contributed by atoms with E-state index in [0.717, 1.165) is 17.7 Å². The van der Waals surface area contributed by atoms with Crippen LogP contribution in [-0.2, 0) is 0 Å². The summed E-state index contributed by atoms with van der Waals surface area (Å²) in [6.07, 6.45) is 4.30. The topological polar surface area (TPSA) is 54.0 Å². The number of aromatic nitrogens is 1. The number of hydrogen-bond acceptors (Lipinski definition) is 2. The predicted octanol–water partition coefficient (Wildman–Crippen LogP) is 1.92. The van der Waals surface area contributed by atoms with E-state index >= 15 is 0 Å². The average molecular weight is 193 g/mol. The largest absolute Gasteiger partial charge is 0.338 e. The molecule has 0 atom stereocenters. The van der Waals surface area contributed by atoms with Crippen molar-refractivity contribution in [1.29, 1.82) is 0 Å². The van der Waals surface area contributed by atoms with E-state index in [-0.39, 0.29) is 6.03 Å². The van der Waals surface area contributed by atoms with E-state index in [1.807, 2.05) is 19.9 Å². The van der Waals surface area contributed by atoms with E-state index in [0.29, 0.717) is 6.54 Å². The smallest absolute Gasteiger partial charge is 0.319 e. The number of amides is 2. The fraction of sp³-hybridized carbons (Fsp3) is 0.400. The van der Waals surface area contributed by atoms with Crippen molar-refractivity contribution in [2.24, 2.45) is 0 Å². The average Bonchev–Trinajstić information content (AvgIpc) is 2.15. The summed E-state index contributed by atoms with van der Waals surface area (Å²) in [6.45, 7) is 4.63. The highest BCUT2D eigenvalue weighted by Gasteiger charge is 1.99. The lowest BCUT2D eigenvalue weighted by molar-refractivity contribution is 0.252. The Kier molecular flexibility index (Phi) is 3.91. The lowest BCUT2D eigenvalue weighted by atomic mass is 10.3. The molecule has 0 saturated heterocycles. The van der Waals surface area contributed by atoms with Crippen molar-refractivity contribution in [3.63, 3.8) is 0 Å². The van der Waals surface area contributed by atoms with Gasteiger partial charge in [-0.3, -0.25) is 4.98 Å². The lowest BCUT2D eigenvalue weighted by Crippen LogP contribution is -2.29. The van der Waals surface area contributed by atoms with Gasteiger partial charge in [-0.05, 0) is 25.0 Å². The zero-order chi connectivity index (χ0) is 10.4. The molecule has 1 rings (SSSR count).